The third-order valence-corrected chi connectivity index (χ3v) is 16.1. The molecule has 0 unspecified atom stereocenters. The monoisotopic (exact) mass is 550 g/mol. The van der Waals surface area contributed by atoms with Crippen LogP contribution in [0, 0.1) is 0 Å². The number of hydrogen-bond donors (Lipinski definition) is 0. The molecule has 0 aromatic heterocycles. The fraction of sp³-hybridized carbons (Fsp3) is 0.0714. The fourth-order valence-electron chi connectivity index (χ4n) is 4.14. The molecule has 0 saturated heterocycles. The van der Waals surface area contributed by atoms with Crippen molar-refractivity contribution in [3.8, 4) is 0 Å². The summed E-state index contributed by atoms with van der Waals surface area (Å²) in [5, 5.41) is 2.14. The quantitative estimate of drug-likeness (QED) is 0.147. The van der Waals surface area contributed by atoms with E-state index in [2.05, 4.69) is 46.3 Å². The molecule has 0 bridgehead atoms. The van der Waals surface area contributed by atoms with E-state index >= 15 is 0 Å². The average Bonchev–Trinajstić information content (AvgIpc) is 2.86. The Hall–Kier alpha value is -2.62. The Morgan fingerprint density at radius 2 is 0.781 bits per heavy atom. The minimum absolute atomic E-state index is 0.0613. The zero-order valence-electron chi connectivity index (χ0n) is 17.6. The Labute approximate surface area is 202 Å². The second-order valence-electron chi connectivity index (χ2n) is 7.94. The molecule has 4 rings (SSSR count). The van der Waals surface area contributed by atoms with Gasteiger partial charge in [0.25, 0.3) is 0 Å². The van der Waals surface area contributed by atoms with Crippen molar-refractivity contribution in [3.63, 3.8) is 0 Å². The zero-order valence-corrected chi connectivity index (χ0v) is 20.7. The van der Waals surface area contributed by atoms with E-state index in [9.17, 15) is 9.59 Å². The Morgan fingerprint density at radius 1 is 0.500 bits per heavy atom. The molecule has 4 aromatic carbocycles. The van der Waals surface area contributed by atoms with Crippen LogP contribution in [0.2, 0.25) is 0 Å². The number of Topliss-reactive ketones (excluding diaryl/α,β-unsaturated/α-hetero) is 2. The van der Waals surface area contributed by atoms with Gasteiger partial charge >= 0.3 is 203 Å². The van der Waals surface area contributed by atoms with Crippen LogP contribution < -0.4 is 10.6 Å². The summed E-state index contributed by atoms with van der Waals surface area (Å²) < 4.78 is -3.29. The summed E-state index contributed by atoms with van der Waals surface area (Å²) >= 11 is 2.51. The summed E-state index contributed by atoms with van der Waals surface area (Å²) in [7, 11) is 0. The topological polar surface area (TPSA) is 34.1 Å². The Bertz CT molecular complexity index is 1110. The molecule has 160 valence electrons. The number of rotatable bonds is 8. The van der Waals surface area contributed by atoms with E-state index < -0.39 is 4.25 Å². The van der Waals surface area contributed by atoms with Crippen molar-refractivity contribution in [2.75, 3.05) is 12.3 Å². The number of carbonyl (C=O) groups is 2. The van der Waals surface area contributed by atoms with Gasteiger partial charge in [0.2, 0.25) is 0 Å². The average molecular weight is 550 g/mol. The van der Waals surface area contributed by atoms with Gasteiger partial charge in [-0.15, -0.1) is 0 Å². The summed E-state index contributed by atoms with van der Waals surface area (Å²) in [4.78, 5) is 27.3. The maximum atomic E-state index is 13.6. The standard InChI is InChI=1S/C28H24IO2P/c29-32(25-17-9-3-10-18-25,26-19-11-4-12-20-26,21-27(30)23-13-5-1-6-14-23)22-28(31)24-15-7-2-8-16-24/h1-20H,21-22H2. The molecule has 32 heavy (non-hydrogen) atoms. The summed E-state index contributed by atoms with van der Waals surface area (Å²) in [6.07, 6.45) is 0.589. The van der Waals surface area contributed by atoms with Gasteiger partial charge in [-0.1, -0.05) is 0 Å². The maximum absolute atomic E-state index is 13.6. The van der Waals surface area contributed by atoms with Crippen molar-refractivity contribution >= 4 is 48.5 Å². The molecule has 2 nitrogen and oxygen atoms in total. The number of carbonyl (C=O) groups excluding carboxylic acids is 2. The predicted molar refractivity (Wildman–Crippen MR) is 144 cm³/mol. The Morgan fingerprint density at radius 3 is 1.09 bits per heavy atom. The Kier molecular flexibility index (Phi) is 6.68. The van der Waals surface area contributed by atoms with E-state index in [1.165, 1.54) is 0 Å². The molecule has 0 heterocycles. The van der Waals surface area contributed by atoms with Crippen LogP contribution in [0.5, 0.6) is 0 Å². The van der Waals surface area contributed by atoms with E-state index in [0.29, 0.717) is 23.5 Å². The number of ketones is 2. The third kappa shape index (κ3) is 4.46. The normalized spacial score (nSPS) is 12.5. The van der Waals surface area contributed by atoms with E-state index in [4.69, 9.17) is 0 Å². The molecule has 0 radical (unpaired) electrons. The first-order chi connectivity index (χ1) is 15.5. The summed E-state index contributed by atoms with van der Waals surface area (Å²) in [6, 6.07) is 39.0. The van der Waals surface area contributed by atoms with Gasteiger partial charge in [0.05, 0.1) is 0 Å². The molecule has 0 amide bonds. The van der Waals surface area contributed by atoms with Crippen LogP contribution >= 0.6 is 26.3 Å². The van der Waals surface area contributed by atoms with Gasteiger partial charge in [-0.3, -0.25) is 0 Å². The number of hydrogen-bond acceptors (Lipinski definition) is 2. The minimum atomic E-state index is -3.29. The van der Waals surface area contributed by atoms with Crippen molar-refractivity contribution in [1.82, 2.24) is 0 Å². The van der Waals surface area contributed by atoms with Crippen LogP contribution in [0.3, 0.4) is 0 Å². The Balaban J connectivity index is 1.92. The molecule has 0 spiro atoms. The first kappa shape index (κ1) is 22.6. The SMILES string of the molecule is O=C(CP(I)(CC(=O)c1ccccc1)(c1ccccc1)c1ccccc1)c1ccccc1. The van der Waals surface area contributed by atoms with Crippen LogP contribution in [0.4, 0.5) is 0 Å². The van der Waals surface area contributed by atoms with Crippen LogP contribution in [-0.2, 0) is 0 Å². The number of halogens is 1. The van der Waals surface area contributed by atoms with Gasteiger partial charge in [0.15, 0.2) is 0 Å². The van der Waals surface area contributed by atoms with Crippen LogP contribution in [-0.4, -0.2) is 23.9 Å². The molecule has 0 aliphatic rings. The van der Waals surface area contributed by atoms with E-state index in [1.54, 1.807) is 0 Å². The zero-order chi connectivity index (χ0) is 22.5. The number of benzene rings is 4. The molecular weight excluding hydrogens is 526 g/mol. The summed E-state index contributed by atoms with van der Waals surface area (Å²) in [6.45, 7) is 0. The first-order valence-corrected chi connectivity index (χ1v) is 15.9. The van der Waals surface area contributed by atoms with Gasteiger partial charge in [0, 0.05) is 0 Å². The van der Waals surface area contributed by atoms with Crippen LogP contribution in [0.25, 0.3) is 0 Å². The molecule has 0 N–H and O–H groups in total. The van der Waals surface area contributed by atoms with Crippen molar-refractivity contribution < 1.29 is 9.59 Å². The van der Waals surface area contributed by atoms with E-state index in [1.807, 2.05) is 97.1 Å². The molecule has 4 heteroatoms. The van der Waals surface area contributed by atoms with Crippen molar-refractivity contribution in [2.45, 2.75) is 0 Å². The molecule has 0 fully saturated rings. The van der Waals surface area contributed by atoms with E-state index in [0.717, 1.165) is 10.6 Å². The van der Waals surface area contributed by atoms with Crippen molar-refractivity contribution in [3.05, 3.63) is 132 Å². The van der Waals surface area contributed by atoms with E-state index in [-0.39, 0.29) is 11.6 Å². The summed E-state index contributed by atoms with van der Waals surface area (Å²) in [5.74, 6) is 0.123. The first-order valence-electron chi connectivity index (χ1n) is 10.5. The molecule has 0 saturated carbocycles. The van der Waals surface area contributed by atoms with Crippen molar-refractivity contribution in [1.29, 1.82) is 0 Å². The van der Waals surface area contributed by atoms with Crippen LogP contribution in [0.1, 0.15) is 20.7 Å². The predicted octanol–water partition coefficient (Wildman–Crippen LogP) is 6.31. The summed E-state index contributed by atoms with van der Waals surface area (Å²) in [5.41, 5.74) is 1.36. The molecule has 4 aromatic rings. The fourth-order valence-corrected chi connectivity index (χ4v) is 12.3. The molecule has 0 atom stereocenters. The van der Waals surface area contributed by atoms with Gasteiger partial charge in [-0.05, 0) is 0 Å². The van der Waals surface area contributed by atoms with Gasteiger partial charge in [0.1, 0.15) is 0 Å². The second kappa shape index (κ2) is 9.48. The van der Waals surface area contributed by atoms with Crippen LogP contribution in [0.15, 0.2) is 121 Å². The second-order valence-corrected chi connectivity index (χ2v) is 19.3. The molecule has 0 aliphatic heterocycles. The van der Waals surface area contributed by atoms with Gasteiger partial charge in [-0.2, -0.15) is 0 Å². The molecule has 0 aliphatic carbocycles. The van der Waals surface area contributed by atoms with Gasteiger partial charge in [-0.25, -0.2) is 0 Å². The van der Waals surface area contributed by atoms with Gasteiger partial charge < -0.3 is 0 Å². The third-order valence-electron chi connectivity index (χ3n) is 5.83. The van der Waals surface area contributed by atoms with Crippen molar-refractivity contribution in [2.24, 2.45) is 0 Å². The molecular formula is C28H24IO2P.